The number of carbonyl (C=O) groups excluding carboxylic acids is 1. The van der Waals surface area contributed by atoms with E-state index in [4.69, 9.17) is 16.3 Å². The molecule has 0 bridgehead atoms. The van der Waals surface area contributed by atoms with Crippen molar-refractivity contribution in [2.75, 3.05) is 11.9 Å². The van der Waals surface area contributed by atoms with Gasteiger partial charge in [0.25, 0.3) is 0 Å². The van der Waals surface area contributed by atoms with E-state index in [1.54, 1.807) is 6.92 Å². The van der Waals surface area contributed by atoms with Crippen LogP contribution >= 0.6 is 11.6 Å². The number of anilines is 1. The van der Waals surface area contributed by atoms with Crippen LogP contribution in [-0.4, -0.2) is 23.6 Å². The SMILES string of the molecule is CCOC(=O)c1cnc2cc(NC3CCCC3)ccc2c1Cl. The van der Waals surface area contributed by atoms with Crippen molar-refractivity contribution in [3.63, 3.8) is 0 Å². The molecule has 1 aromatic heterocycles. The summed E-state index contributed by atoms with van der Waals surface area (Å²) in [5.41, 5.74) is 2.14. The lowest BCUT2D eigenvalue weighted by Gasteiger charge is -2.14. The van der Waals surface area contributed by atoms with Crippen LogP contribution in [0.3, 0.4) is 0 Å². The number of ether oxygens (including phenoxy) is 1. The van der Waals surface area contributed by atoms with Crippen LogP contribution in [0.1, 0.15) is 43.0 Å². The molecule has 0 spiro atoms. The van der Waals surface area contributed by atoms with Gasteiger partial charge in [-0.05, 0) is 38.0 Å². The Labute approximate surface area is 134 Å². The summed E-state index contributed by atoms with van der Waals surface area (Å²) in [5.74, 6) is -0.435. The van der Waals surface area contributed by atoms with Crippen molar-refractivity contribution in [1.29, 1.82) is 0 Å². The Bertz CT molecular complexity index is 696. The predicted molar refractivity (Wildman–Crippen MR) is 88.6 cm³/mol. The molecule has 1 aliphatic carbocycles. The molecule has 0 saturated heterocycles. The van der Waals surface area contributed by atoms with Crippen LogP contribution in [-0.2, 0) is 4.74 Å². The minimum absolute atomic E-state index is 0.313. The fourth-order valence-electron chi connectivity index (χ4n) is 2.91. The van der Waals surface area contributed by atoms with Crippen molar-refractivity contribution in [1.82, 2.24) is 4.98 Å². The van der Waals surface area contributed by atoms with Gasteiger partial charge in [0.15, 0.2) is 0 Å². The minimum atomic E-state index is -0.435. The molecular formula is C17H19ClN2O2. The molecule has 0 radical (unpaired) electrons. The van der Waals surface area contributed by atoms with Crippen LogP contribution in [0, 0.1) is 0 Å². The summed E-state index contributed by atoms with van der Waals surface area (Å²) < 4.78 is 4.99. The topological polar surface area (TPSA) is 51.2 Å². The van der Waals surface area contributed by atoms with E-state index in [-0.39, 0.29) is 0 Å². The monoisotopic (exact) mass is 318 g/mol. The van der Waals surface area contributed by atoms with Crippen LogP contribution in [0.2, 0.25) is 5.02 Å². The smallest absolute Gasteiger partial charge is 0.341 e. The average Bonchev–Trinajstić information content (AvgIpc) is 3.00. The van der Waals surface area contributed by atoms with Crippen molar-refractivity contribution >= 4 is 34.2 Å². The summed E-state index contributed by atoms with van der Waals surface area (Å²) >= 11 is 6.33. The van der Waals surface area contributed by atoms with Crippen molar-refractivity contribution in [2.45, 2.75) is 38.6 Å². The normalized spacial score (nSPS) is 15.2. The number of rotatable bonds is 4. The highest BCUT2D eigenvalue weighted by molar-refractivity contribution is 6.38. The summed E-state index contributed by atoms with van der Waals surface area (Å²) in [6.07, 6.45) is 6.50. The van der Waals surface area contributed by atoms with Gasteiger partial charge in [0.2, 0.25) is 0 Å². The zero-order chi connectivity index (χ0) is 15.5. The lowest BCUT2D eigenvalue weighted by atomic mass is 10.1. The van der Waals surface area contributed by atoms with Gasteiger partial charge in [-0.1, -0.05) is 24.4 Å². The van der Waals surface area contributed by atoms with E-state index in [2.05, 4.69) is 10.3 Å². The maximum absolute atomic E-state index is 11.8. The number of pyridine rings is 1. The highest BCUT2D eigenvalue weighted by Gasteiger charge is 2.17. The quantitative estimate of drug-likeness (QED) is 0.848. The third-order valence-corrected chi connectivity index (χ3v) is 4.43. The number of esters is 1. The highest BCUT2D eigenvalue weighted by atomic mass is 35.5. The number of carbonyl (C=O) groups is 1. The van der Waals surface area contributed by atoms with Gasteiger partial charge in [0.05, 0.1) is 22.7 Å². The van der Waals surface area contributed by atoms with Crippen molar-refractivity contribution in [3.05, 3.63) is 35.0 Å². The molecule has 22 heavy (non-hydrogen) atoms. The van der Waals surface area contributed by atoms with E-state index < -0.39 is 5.97 Å². The summed E-state index contributed by atoms with van der Waals surface area (Å²) in [4.78, 5) is 16.2. The molecule has 116 valence electrons. The fourth-order valence-corrected chi connectivity index (χ4v) is 3.19. The Balaban J connectivity index is 1.90. The molecule has 1 N–H and O–H groups in total. The molecule has 1 fully saturated rings. The van der Waals surface area contributed by atoms with Crippen LogP contribution < -0.4 is 5.32 Å². The summed E-state index contributed by atoms with van der Waals surface area (Å²) in [7, 11) is 0. The third-order valence-electron chi connectivity index (χ3n) is 4.02. The first-order valence-corrected chi connectivity index (χ1v) is 8.08. The Morgan fingerprint density at radius 1 is 1.41 bits per heavy atom. The second-order valence-electron chi connectivity index (χ2n) is 5.56. The molecule has 0 unspecified atom stereocenters. The number of halogens is 1. The fraction of sp³-hybridized carbons (Fsp3) is 0.412. The summed E-state index contributed by atoms with van der Waals surface area (Å²) in [6, 6.07) is 6.43. The molecule has 0 atom stereocenters. The van der Waals surface area contributed by atoms with Gasteiger partial charge in [-0.2, -0.15) is 0 Å². The largest absolute Gasteiger partial charge is 0.462 e. The zero-order valence-corrected chi connectivity index (χ0v) is 13.3. The maximum Gasteiger partial charge on any atom is 0.341 e. The molecule has 4 nitrogen and oxygen atoms in total. The Morgan fingerprint density at radius 3 is 2.91 bits per heavy atom. The van der Waals surface area contributed by atoms with Gasteiger partial charge < -0.3 is 10.1 Å². The highest BCUT2D eigenvalue weighted by Crippen LogP contribution is 2.29. The van der Waals surface area contributed by atoms with E-state index in [1.165, 1.54) is 31.9 Å². The van der Waals surface area contributed by atoms with Gasteiger partial charge in [-0.15, -0.1) is 0 Å². The standard InChI is InChI=1S/C17H19ClN2O2/c1-2-22-17(21)14-10-19-15-9-12(7-8-13(15)16(14)18)20-11-5-3-4-6-11/h7-11,20H,2-6H2,1H3. The molecule has 3 rings (SSSR count). The van der Waals surface area contributed by atoms with Gasteiger partial charge in [0, 0.05) is 23.3 Å². The Morgan fingerprint density at radius 2 is 2.18 bits per heavy atom. The third kappa shape index (κ3) is 3.02. The van der Waals surface area contributed by atoms with E-state index >= 15 is 0 Å². The molecule has 0 aliphatic heterocycles. The molecule has 1 saturated carbocycles. The number of nitrogens with one attached hydrogen (secondary N) is 1. The molecule has 1 aliphatic rings. The first kappa shape index (κ1) is 15.1. The molecule has 0 amide bonds. The number of benzene rings is 1. The lowest BCUT2D eigenvalue weighted by molar-refractivity contribution is 0.0526. The molecule has 5 heteroatoms. The van der Waals surface area contributed by atoms with Crippen molar-refractivity contribution in [3.8, 4) is 0 Å². The second kappa shape index (κ2) is 6.53. The van der Waals surface area contributed by atoms with E-state index in [9.17, 15) is 4.79 Å². The van der Waals surface area contributed by atoms with Crippen molar-refractivity contribution in [2.24, 2.45) is 0 Å². The summed E-state index contributed by atoms with van der Waals surface area (Å²) in [5, 5.41) is 4.70. The predicted octanol–water partition coefficient (Wildman–Crippen LogP) is 4.42. The Kier molecular flexibility index (Phi) is 4.48. The number of hydrogen-bond acceptors (Lipinski definition) is 4. The molecular weight excluding hydrogens is 300 g/mol. The Hall–Kier alpha value is -1.81. The van der Waals surface area contributed by atoms with Gasteiger partial charge in [-0.25, -0.2) is 4.79 Å². The van der Waals surface area contributed by atoms with Gasteiger partial charge in [0.1, 0.15) is 0 Å². The van der Waals surface area contributed by atoms with Gasteiger partial charge >= 0.3 is 5.97 Å². The number of aromatic nitrogens is 1. The number of fused-ring (bicyclic) bond motifs is 1. The molecule has 1 aromatic carbocycles. The maximum atomic E-state index is 11.8. The first-order chi connectivity index (χ1) is 10.7. The minimum Gasteiger partial charge on any atom is -0.462 e. The van der Waals surface area contributed by atoms with Crippen LogP contribution in [0.5, 0.6) is 0 Å². The zero-order valence-electron chi connectivity index (χ0n) is 12.6. The van der Waals surface area contributed by atoms with Crippen LogP contribution in [0.25, 0.3) is 10.9 Å². The van der Waals surface area contributed by atoms with Crippen LogP contribution in [0.15, 0.2) is 24.4 Å². The molecule has 1 heterocycles. The average molecular weight is 319 g/mol. The van der Waals surface area contributed by atoms with Crippen molar-refractivity contribution < 1.29 is 9.53 Å². The van der Waals surface area contributed by atoms with E-state index in [1.807, 2.05) is 18.2 Å². The van der Waals surface area contributed by atoms with Gasteiger partial charge in [-0.3, -0.25) is 4.98 Å². The lowest BCUT2D eigenvalue weighted by Crippen LogP contribution is -2.14. The van der Waals surface area contributed by atoms with Crippen LogP contribution in [0.4, 0.5) is 5.69 Å². The van der Waals surface area contributed by atoms with E-state index in [0.717, 1.165) is 16.6 Å². The first-order valence-electron chi connectivity index (χ1n) is 7.71. The summed E-state index contributed by atoms with van der Waals surface area (Å²) in [6.45, 7) is 2.08. The number of hydrogen-bond donors (Lipinski definition) is 1. The second-order valence-corrected chi connectivity index (χ2v) is 5.94. The molecule has 2 aromatic rings. The van der Waals surface area contributed by atoms with E-state index in [0.29, 0.717) is 23.2 Å². The number of nitrogens with zero attached hydrogens (tertiary/aromatic N) is 1.